The lowest BCUT2D eigenvalue weighted by atomic mass is 9.86. The van der Waals surface area contributed by atoms with Gasteiger partial charge in [-0.25, -0.2) is 4.79 Å². The standard InChI is InChI=1S/C14H21BrN2O3/c1-8(2)17-7-9(15)6-10(17)12(18)16-11(13(19)20)14(3,4)5/h6-8,11H,1-5H3,(H,16,18)(H,19,20). The van der Waals surface area contributed by atoms with Crippen molar-refractivity contribution in [1.29, 1.82) is 0 Å². The Balaban J connectivity index is 3.04. The number of carboxylic acids is 1. The maximum Gasteiger partial charge on any atom is 0.326 e. The van der Waals surface area contributed by atoms with E-state index in [1.54, 1.807) is 31.4 Å². The van der Waals surface area contributed by atoms with Crippen molar-refractivity contribution < 1.29 is 14.7 Å². The third kappa shape index (κ3) is 3.85. The van der Waals surface area contributed by atoms with Gasteiger partial charge in [-0.2, -0.15) is 0 Å². The van der Waals surface area contributed by atoms with Gasteiger partial charge < -0.3 is 15.0 Å². The van der Waals surface area contributed by atoms with Crippen LogP contribution in [0.4, 0.5) is 0 Å². The minimum Gasteiger partial charge on any atom is -0.480 e. The minimum absolute atomic E-state index is 0.111. The van der Waals surface area contributed by atoms with Crippen LogP contribution in [0.3, 0.4) is 0 Å². The number of halogens is 1. The molecule has 1 aromatic rings. The predicted molar refractivity (Wildman–Crippen MR) is 80.9 cm³/mol. The van der Waals surface area contributed by atoms with Crippen LogP contribution in [0.5, 0.6) is 0 Å². The summed E-state index contributed by atoms with van der Waals surface area (Å²) in [5.41, 5.74) is -0.115. The molecule has 0 aromatic carbocycles. The number of aliphatic carboxylic acids is 1. The molecule has 1 amide bonds. The predicted octanol–water partition coefficient (Wildman–Crippen LogP) is 3.06. The molecule has 112 valence electrons. The van der Waals surface area contributed by atoms with E-state index in [0.29, 0.717) is 5.69 Å². The molecule has 2 N–H and O–H groups in total. The van der Waals surface area contributed by atoms with Gasteiger partial charge in [-0.05, 0) is 41.3 Å². The lowest BCUT2D eigenvalue weighted by Crippen LogP contribution is -2.49. The largest absolute Gasteiger partial charge is 0.480 e. The van der Waals surface area contributed by atoms with Crippen LogP contribution < -0.4 is 5.32 Å². The van der Waals surface area contributed by atoms with Gasteiger partial charge >= 0.3 is 5.97 Å². The van der Waals surface area contributed by atoms with Gasteiger partial charge in [0.15, 0.2) is 0 Å². The summed E-state index contributed by atoms with van der Waals surface area (Å²) in [5, 5.41) is 11.9. The Kier molecular flexibility index (Phi) is 5.02. The van der Waals surface area contributed by atoms with E-state index in [9.17, 15) is 14.7 Å². The van der Waals surface area contributed by atoms with Crippen LogP contribution in [-0.2, 0) is 4.79 Å². The first kappa shape index (κ1) is 16.8. The first-order chi connectivity index (χ1) is 9.04. The highest BCUT2D eigenvalue weighted by Crippen LogP contribution is 2.22. The van der Waals surface area contributed by atoms with Crippen molar-refractivity contribution in [1.82, 2.24) is 9.88 Å². The zero-order valence-corrected chi connectivity index (χ0v) is 14.0. The highest BCUT2D eigenvalue weighted by atomic mass is 79.9. The second kappa shape index (κ2) is 5.99. The number of carboxylic acid groups (broad SMARTS) is 1. The maximum atomic E-state index is 12.3. The first-order valence-electron chi connectivity index (χ1n) is 6.45. The topological polar surface area (TPSA) is 71.3 Å². The maximum absolute atomic E-state index is 12.3. The fourth-order valence-corrected chi connectivity index (χ4v) is 2.35. The number of amides is 1. The lowest BCUT2D eigenvalue weighted by molar-refractivity contribution is -0.142. The normalized spacial score (nSPS) is 13.3. The summed E-state index contributed by atoms with van der Waals surface area (Å²) in [5.74, 6) is -1.42. The van der Waals surface area contributed by atoms with Crippen LogP contribution in [0.1, 0.15) is 51.1 Å². The molecule has 1 atom stereocenters. The Hall–Kier alpha value is -1.30. The molecule has 6 heteroatoms. The van der Waals surface area contributed by atoms with E-state index in [4.69, 9.17) is 0 Å². The molecule has 0 saturated carbocycles. The second-order valence-electron chi connectivity index (χ2n) is 6.16. The Morgan fingerprint density at radius 3 is 2.30 bits per heavy atom. The zero-order chi connectivity index (χ0) is 15.7. The molecule has 0 aliphatic heterocycles. The van der Waals surface area contributed by atoms with E-state index in [1.165, 1.54) is 0 Å². The molecule has 1 rings (SSSR count). The van der Waals surface area contributed by atoms with E-state index in [2.05, 4.69) is 21.2 Å². The van der Waals surface area contributed by atoms with Crippen LogP contribution >= 0.6 is 15.9 Å². The van der Waals surface area contributed by atoms with Crippen molar-refractivity contribution in [3.8, 4) is 0 Å². The van der Waals surface area contributed by atoms with Crippen molar-refractivity contribution >= 4 is 27.8 Å². The van der Waals surface area contributed by atoms with E-state index in [0.717, 1.165) is 4.47 Å². The molecule has 0 fully saturated rings. The summed E-state index contributed by atoms with van der Waals surface area (Å²) < 4.78 is 2.60. The van der Waals surface area contributed by atoms with Gasteiger partial charge in [0.05, 0.1) is 0 Å². The van der Waals surface area contributed by atoms with E-state index < -0.39 is 17.4 Å². The Labute approximate surface area is 127 Å². The molecule has 20 heavy (non-hydrogen) atoms. The molecule has 0 saturated heterocycles. The Bertz CT molecular complexity index is 515. The smallest absolute Gasteiger partial charge is 0.326 e. The van der Waals surface area contributed by atoms with Crippen molar-refractivity contribution in [2.45, 2.75) is 46.7 Å². The van der Waals surface area contributed by atoms with Crippen molar-refractivity contribution in [2.24, 2.45) is 5.41 Å². The third-order valence-corrected chi connectivity index (χ3v) is 3.43. The monoisotopic (exact) mass is 344 g/mol. The molecular weight excluding hydrogens is 324 g/mol. The van der Waals surface area contributed by atoms with Gasteiger partial charge in [0.1, 0.15) is 11.7 Å². The highest BCUT2D eigenvalue weighted by Gasteiger charge is 2.33. The molecule has 1 unspecified atom stereocenters. The van der Waals surface area contributed by atoms with Gasteiger partial charge in [0, 0.05) is 16.7 Å². The van der Waals surface area contributed by atoms with E-state index in [1.807, 2.05) is 20.0 Å². The fraction of sp³-hybridized carbons (Fsp3) is 0.571. The third-order valence-electron chi connectivity index (χ3n) is 2.99. The number of nitrogens with one attached hydrogen (secondary N) is 1. The molecule has 0 aliphatic rings. The van der Waals surface area contributed by atoms with Crippen molar-refractivity contribution in [2.75, 3.05) is 0 Å². The number of aromatic nitrogens is 1. The molecule has 0 spiro atoms. The van der Waals surface area contributed by atoms with Gasteiger partial charge in [-0.3, -0.25) is 4.79 Å². The summed E-state index contributed by atoms with van der Waals surface area (Å²) in [7, 11) is 0. The number of nitrogens with zero attached hydrogens (tertiary/aromatic N) is 1. The average Bonchev–Trinajstić information content (AvgIpc) is 2.66. The number of rotatable bonds is 4. The summed E-state index contributed by atoms with van der Waals surface area (Å²) in [4.78, 5) is 23.6. The number of hydrogen-bond acceptors (Lipinski definition) is 2. The quantitative estimate of drug-likeness (QED) is 0.881. The van der Waals surface area contributed by atoms with Gasteiger partial charge in [-0.15, -0.1) is 0 Å². The molecular formula is C14H21BrN2O3. The SMILES string of the molecule is CC(C)n1cc(Br)cc1C(=O)NC(C(=O)O)C(C)(C)C. The minimum atomic E-state index is -1.03. The molecule has 0 aliphatic carbocycles. The molecule has 1 aromatic heterocycles. The number of carbonyl (C=O) groups is 2. The zero-order valence-electron chi connectivity index (χ0n) is 12.4. The summed E-state index contributed by atoms with van der Waals surface area (Å²) >= 11 is 3.34. The van der Waals surface area contributed by atoms with Crippen LogP contribution in [-0.4, -0.2) is 27.6 Å². The summed E-state index contributed by atoms with van der Waals surface area (Å²) in [6, 6.07) is 0.862. The van der Waals surface area contributed by atoms with Crippen molar-refractivity contribution in [3.63, 3.8) is 0 Å². The Morgan fingerprint density at radius 2 is 1.90 bits per heavy atom. The number of hydrogen-bond donors (Lipinski definition) is 2. The van der Waals surface area contributed by atoms with Crippen LogP contribution in [0.25, 0.3) is 0 Å². The molecule has 1 heterocycles. The average molecular weight is 345 g/mol. The highest BCUT2D eigenvalue weighted by molar-refractivity contribution is 9.10. The van der Waals surface area contributed by atoms with Crippen molar-refractivity contribution in [3.05, 3.63) is 22.4 Å². The fourth-order valence-electron chi connectivity index (χ4n) is 1.91. The van der Waals surface area contributed by atoms with E-state index in [-0.39, 0.29) is 11.9 Å². The second-order valence-corrected chi connectivity index (χ2v) is 7.07. The van der Waals surface area contributed by atoms with E-state index >= 15 is 0 Å². The summed E-state index contributed by atoms with van der Waals surface area (Å²) in [6.45, 7) is 9.26. The van der Waals surface area contributed by atoms with Gasteiger partial charge in [-0.1, -0.05) is 20.8 Å². The molecule has 5 nitrogen and oxygen atoms in total. The molecule has 0 radical (unpaired) electrons. The van der Waals surface area contributed by atoms with Gasteiger partial charge in [0.2, 0.25) is 0 Å². The number of carbonyl (C=O) groups excluding carboxylic acids is 1. The Morgan fingerprint density at radius 1 is 1.35 bits per heavy atom. The van der Waals surface area contributed by atoms with Crippen LogP contribution in [0.2, 0.25) is 0 Å². The first-order valence-corrected chi connectivity index (χ1v) is 7.24. The lowest BCUT2D eigenvalue weighted by Gasteiger charge is -2.28. The molecule has 0 bridgehead atoms. The van der Waals surface area contributed by atoms with Crippen LogP contribution in [0, 0.1) is 5.41 Å². The van der Waals surface area contributed by atoms with Crippen LogP contribution in [0.15, 0.2) is 16.7 Å². The van der Waals surface area contributed by atoms with Gasteiger partial charge in [0.25, 0.3) is 5.91 Å². The summed E-state index contributed by atoms with van der Waals surface area (Å²) in [6.07, 6.45) is 1.81.